The molecule has 160 valence electrons. The molecule has 0 saturated heterocycles. The molecule has 0 aliphatic carbocycles. The lowest BCUT2D eigenvalue weighted by Gasteiger charge is -2.24. The van der Waals surface area contributed by atoms with Gasteiger partial charge in [-0.25, -0.2) is 0 Å². The molecule has 0 rings (SSSR count). The van der Waals surface area contributed by atoms with E-state index in [1.54, 1.807) is 35.5 Å². The van der Waals surface area contributed by atoms with Crippen molar-refractivity contribution in [1.82, 2.24) is 10.6 Å². The van der Waals surface area contributed by atoms with Crippen molar-refractivity contribution < 1.29 is 22.1 Å². The third-order valence-electron chi connectivity index (χ3n) is 3.73. The van der Waals surface area contributed by atoms with E-state index in [0.717, 1.165) is 51.1 Å². The van der Waals surface area contributed by atoms with E-state index in [0.29, 0.717) is 13.1 Å². The van der Waals surface area contributed by atoms with Crippen LogP contribution in [0.1, 0.15) is 12.8 Å². The van der Waals surface area contributed by atoms with Crippen molar-refractivity contribution in [3.8, 4) is 0 Å². The van der Waals surface area contributed by atoms with Crippen molar-refractivity contribution >= 4 is 18.1 Å². The quantitative estimate of drug-likeness (QED) is 0.180. The number of nitrogens with one attached hydrogen (secondary N) is 2. The maximum absolute atomic E-state index is 5.35. The Hall–Kier alpha value is 0.0738. The number of rotatable bonds is 17. The Morgan fingerprint density at radius 1 is 0.731 bits per heavy atom. The maximum Gasteiger partial charge on any atom is 0.500 e. The van der Waals surface area contributed by atoms with E-state index in [9.17, 15) is 0 Å². The number of hydrogen-bond acceptors (Lipinski definition) is 9. The van der Waals surface area contributed by atoms with Gasteiger partial charge in [0.15, 0.2) is 0 Å². The molecule has 0 aromatic heterocycles. The van der Waals surface area contributed by atoms with Gasteiger partial charge in [0.1, 0.15) is 0 Å². The van der Waals surface area contributed by atoms with Gasteiger partial charge in [0.05, 0.1) is 0 Å². The fourth-order valence-corrected chi connectivity index (χ4v) is 5.09. The lowest BCUT2D eigenvalue weighted by molar-refractivity contribution is 0.123. The molecule has 26 heavy (non-hydrogen) atoms. The topological polar surface area (TPSA) is 122 Å². The van der Waals surface area contributed by atoms with Gasteiger partial charge in [-0.1, -0.05) is 0 Å². The predicted octanol–water partition coefficient (Wildman–Crippen LogP) is -0.759. The molecular weight excluding hydrogens is 372 g/mol. The summed E-state index contributed by atoms with van der Waals surface area (Å²) in [5, 5.41) is 6.44. The zero-order valence-electron chi connectivity index (χ0n) is 17.3. The van der Waals surface area contributed by atoms with Crippen LogP contribution in [0, 0.1) is 0 Å². The first-order valence-corrected chi connectivity index (χ1v) is 12.8. The zero-order chi connectivity index (χ0) is 20.1. The van der Waals surface area contributed by atoms with Gasteiger partial charge in [-0.15, -0.1) is 0 Å². The molecule has 0 aliphatic heterocycles. The number of nitrogens with two attached hydrogens (primary N) is 2. The Labute approximate surface area is 162 Å². The van der Waals surface area contributed by atoms with Gasteiger partial charge >= 0.3 is 18.1 Å². The summed E-state index contributed by atoms with van der Waals surface area (Å²) in [4.78, 5) is 0. The summed E-state index contributed by atoms with van der Waals surface area (Å²) in [6, 6.07) is 1.89. The average molecular weight is 415 g/mol. The van der Waals surface area contributed by atoms with Crippen molar-refractivity contribution in [2.24, 2.45) is 11.5 Å². The van der Waals surface area contributed by atoms with Crippen molar-refractivity contribution in [3.63, 3.8) is 0 Å². The fourth-order valence-electron chi connectivity index (χ4n) is 2.17. The van der Waals surface area contributed by atoms with Crippen LogP contribution in [0.25, 0.3) is 0 Å². The van der Waals surface area contributed by atoms with Gasteiger partial charge in [-0.05, 0) is 32.0 Å². The van der Waals surface area contributed by atoms with Crippen LogP contribution in [-0.4, -0.2) is 92.9 Å². The highest BCUT2D eigenvalue weighted by Crippen LogP contribution is 2.14. The lowest BCUT2D eigenvalue weighted by Crippen LogP contribution is -2.43. The molecule has 0 bridgehead atoms. The molecule has 0 aromatic rings. The standard InChI is InChI=1S/C8H22N2O3Si.C7H20N2O2Si/c1-11-14(12-2,13-3)8-4-6-10-7-5-9;1-10-12(11-2)7-3-5-9-6-4-8/h10H,4-9H2,1-3H3;9,12H,3-8H2,1-2H3. The third-order valence-corrected chi connectivity index (χ3v) is 8.49. The molecule has 11 heteroatoms. The van der Waals surface area contributed by atoms with Gasteiger partial charge in [0.25, 0.3) is 0 Å². The molecule has 0 heterocycles. The summed E-state index contributed by atoms with van der Waals surface area (Å²) in [5.74, 6) is 0. The Kier molecular flexibility index (Phi) is 23.3. The van der Waals surface area contributed by atoms with Crippen molar-refractivity contribution in [2.75, 3.05) is 74.8 Å². The number of hydrogen-bond donors (Lipinski definition) is 4. The average Bonchev–Trinajstić information content (AvgIpc) is 2.69. The summed E-state index contributed by atoms with van der Waals surface area (Å²) in [7, 11) is 4.66. The van der Waals surface area contributed by atoms with Crippen LogP contribution < -0.4 is 22.1 Å². The lowest BCUT2D eigenvalue weighted by atomic mass is 10.5. The minimum atomic E-state index is -2.35. The summed E-state index contributed by atoms with van der Waals surface area (Å²) in [5.41, 5.74) is 10.7. The van der Waals surface area contributed by atoms with E-state index >= 15 is 0 Å². The second-order valence-electron chi connectivity index (χ2n) is 5.52. The van der Waals surface area contributed by atoms with Gasteiger partial charge in [-0.3, -0.25) is 0 Å². The van der Waals surface area contributed by atoms with Crippen LogP contribution in [0.5, 0.6) is 0 Å². The molecule has 0 saturated carbocycles. The van der Waals surface area contributed by atoms with Crippen LogP contribution in [0.15, 0.2) is 0 Å². The normalized spacial score (nSPS) is 11.5. The summed E-state index contributed by atoms with van der Waals surface area (Å²) < 4.78 is 26.2. The van der Waals surface area contributed by atoms with Gasteiger partial charge in [0, 0.05) is 67.8 Å². The maximum atomic E-state index is 5.35. The highest BCUT2D eigenvalue weighted by atomic mass is 28.4. The van der Waals surface area contributed by atoms with Crippen LogP contribution in [0.3, 0.4) is 0 Å². The summed E-state index contributed by atoms with van der Waals surface area (Å²) >= 11 is 0. The van der Waals surface area contributed by atoms with Gasteiger partial charge < -0.3 is 44.2 Å². The molecule has 0 spiro atoms. The SMILES string of the molecule is CO[SiH](CCCNCCN)OC.CO[Si](CCCNCCN)(OC)OC. The second-order valence-corrected chi connectivity index (χ2v) is 11.0. The van der Waals surface area contributed by atoms with E-state index in [4.69, 9.17) is 33.6 Å². The Morgan fingerprint density at radius 3 is 1.58 bits per heavy atom. The van der Waals surface area contributed by atoms with E-state index in [1.165, 1.54) is 0 Å². The highest BCUT2D eigenvalue weighted by Gasteiger charge is 2.36. The predicted molar refractivity (Wildman–Crippen MR) is 111 cm³/mol. The van der Waals surface area contributed by atoms with E-state index < -0.39 is 18.1 Å². The summed E-state index contributed by atoms with van der Waals surface area (Å²) in [6.07, 6.45) is 2.08. The van der Waals surface area contributed by atoms with Crippen LogP contribution in [-0.2, 0) is 22.1 Å². The first-order valence-electron chi connectivity index (χ1n) is 9.12. The fraction of sp³-hybridized carbons (Fsp3) is 1.00. The largest absolute Gasteiger partial charge is 0.500 e. The zero-order valence-corrected chi connectivity index (χ0v) is 19.5. The smallest absolute Gasteiger partial charge is 0.400 e. The monoisotopic (exact) mass is 414 g/mol. The molecule has 0 aliphatic rings. The molecule has 0 aromatic carbocycles. The van der Waals surface area contributed by atoms with Crippen molar-refractivity contribution in [1.29, 1.82) is 0 Å². The first kappa shape index (κ1) is 28.3. The molecule has 0 unspecified atom stereocenters. The first-order chi connectivity index (χ1) is 12.6. The van der Waals surface area contributed by atoms with Crippen LogP contribution in [0.4, 0.5) is 0 Å². The van der Waals surface area contributed by atoms with Gasteiger partial charge in [-0.2, -0.15) is 0 Å². The van der Waals surface area contributed by atoms with E-state index in [1.807, 2.05) is 0 Å². The van der Waals surface area contributed by atoms with E-state index in [-0.39, 0.29) is 0 Å². The molecule has 0 radical (unpaired) electrons. The minimum absolute atomic E-state index is 0.668. The molecule has 6 N–H and O–H groups in total. The molecule has 0 amide bonds. The molecule has 9 nitrogen and oxygen atoms in total. The van der Waals surface area contributed by atoms with Crippen molar-refractivity contribution in [2.45, 2.75) is 24.9 Å². The minimum Gasteiger partial charge on any atom is -0.400 e. The Bertz CT molecular complexity index is 268. The highest BCUT2D eigenvalue weighted by molar-refractivity contribution is 6.60. The van der Waals surface area contributed by atoms with E-state index in [2.05, 4.69) is 10.6 Å². The third kappa shape index (κ3) is 16.3. The van der Waals surface area contributed by atoms with Gasteiger partial charge in [0.2, 0.25) is 0 Å². The second kappa shape index (κ2) is 21.4. The Balaban J connectivity index is 0. The molecule has 0 fully saturated rings. The molecular formula is C15H42N4O5Si2. The van der Waals surface area contributed by atoms with Crippen molar-refractivity contribution in [3.05, 3.63) is 0 Å². The molecule has 0 atom stereocenters. The van der Waals surface area contributed by atoms with Crippen LogP contribution >= 0.6 is 0 Å². The Morgan fingerprint density at radius 2 is 1.19 bits per heavy atom. The van der Waals surface area contributed by atoms with Crippen LogP contribution in [0.2, 0.25) is 12.1 Å². The summed E-state index contributed by atoms with van der Waals surface area (Å²) in [6.45, 7) is 5.04.